The average Bonchev–Trinajstić information content (AvgIpc) is 2.67. The van der Waals surface area contributed by atoms with Gasteiger partial charge in [-0.3, -0.25) is 4.79 Å². The van der Waals surface area contributed by atoms with Crippen LogP contribution in [-0.4, -0.2) is 44.1 Å². The van der Waals surface area contributed by atoms with Gasteiger partial charge in [0.15, 0.2) is 0 Å². The van der Waals surface area contributed by atoms with E-state index in [0.29, 0.717) is 12.8 Å². The SMILES string of the molecule is COc1ccccc1N1CCN(C(=O)CCc2ccccc2N)CC1. The number of anilines is 2. The molecule has 132 valence electrons. The molecule has 2 aromatic carbocycles. The standard InChI is InChI=1S/C20H25N3O2/c1-25-19-9-5-4-8-18(19)22-12-14-23(15-13-22)20(24)11-10-16-6-2-3-7-17(16)21/h2-9H,10-15,21H2,1H3. The normalized spacial score (nSPS) is 14.4. The number of carbonyl (C=O) groups excluding carboxylic acids is 1. The van der Waals surface area contributed by atoms with Crippen LogP contribution in [0.3, 0.4) is 0 Å². The first-order valence-electron chi connectivity index (χ1n) is 8.68. The maximum atomic E-state index is 12.5. The fraction of sp³-hybridized carbons (Fsp3) is 0.350. The maximum absolute atomic E-state index is 12.5. The summed E-state index contributed by atoms with van der Waals surface area (Å²) in [5, 5.41) is 0. The van der Waals surface area contributed by atoms with Gasteiger partial charge in [0.25, 0.3) is 0 Å². The van der Waals surface area contributed by atoms with E-state index in [1.165, 1.54) is 0 Å². The predicted molar refractivity (Wildman–Crippen MR) is 101 cm³/mol. The van der Waals surface area contributed by atoms with E-state index < -0.39 is 0 Å². The molecule has 0 bridgehead atoms. The molecule has 5 heteroatoms. The molecule has 0 atom stereocenters. The van der Waals surface area contributed by atoms with Crippen molar-refractivity contribution in [3.8, 4) is 5.75 Å². The number of aryl methyl sites for hydroxylation is 1. The third-order valence-electron chi connectivity index (χ3n) is 4.72. The maximum Gasteiger partial charge on any atom is 0.223 e. The number of hydrogen-bond acceptors (Lipinski definition) is 4. The zero-order valence-corrected chi connectivity index (χ0v) is 14.6. The highest BCUT2D eigenvalue weighted by atomic mass is 16.5. The van der Waals surface area contributed by atoms with E-state index in [4.69, 9.17) is 10.5 Å². The van der Waals surface area contributed by atoms with Gasteiger partial charge in [0.1, 0.15) is 5.75 Å². The Labute approximate surface area is 149 Å². The number of methoxy groups -OCH3 is 1. The first-order chi connectivity index (χ1) is 12.2. The van der Waals surface area contributed by atoms with Crippen LogP contribution >= 0.6 is 0 Å². The van der Waals surface area contributed by atoms with Crippen LogP contribution in [0.5, 0.6) is 5.75 Å². The fourth-order valence-electron chi connectivity index (χ4n) is 3.25. The second kappa shape index (κ2) is 7.92. The van der Waals surface area contributed by atoms with Crippen LogP contribution in [0.2, 0.25) is 0 Å². The van der Waals surface area contributed by atoms with Crippen molar-refractivity contribution in [1.29, 1.82) is 0 Å². The Morgan fingerprint density at radius 2 is 1.72 bits per heavy atom. The minimum atomic E-state index is 0.197. The molecule has 1 aliphatic heterocycles. The van der Waals surface area contributed by atoms with Crippen molar-refractivity contribution in [3.05, 3.63) is 54.1 Å². The number of amides is 1. The molecule has 0 unspecified atom stereocenters. The van der Waals surface area contributed by atoms with Crippen LogP contribution in [0.4, 0.5) is 11.4 Å². The third-order valence-corrected chi connectivity index (χ3v) is 4.72. The van der Waals surface area contributed by atoms with Gasteiger partial charge in [-0.2, -0.15) is 0 Å². The summed E-state index contributed by atoms with van der Waals surface area (Å²) in [7, 11) is 1.69. The van der Waals surface area contributed by atoms with E-state index in [0.717, 1.165) is 48.9 Å². The number of hydrogen-bond donors (Lipinski definition) is 1. The largest absolute Gasteiger partial charge is 0.495 e. The molecule has 1 heterocycles. The molecule has 3 rings (SSSR count). The van der Waals surface area contributed by atoms with Crippen LogP contribution in [-0.2, 0) is 11.2 Å². The molecule has 0 saturated carbocycles. The summed E-state index contributed by atoms with van der Waals surface area (Å²) in [5.74, 6) is 1.07. The molecule has 0 aromatic heterocycles. The molecule has 0 spiro atoms. The smallest absolute Gasteiger partial charge is 0.223 e. The number of piperazine rings is 1. The van der Waals surface area contributed by atoms with E-state index in [2.05, 4.69) is 11.0 Å². The summed E-state index contributed by atoms with van der Waals surface area (Å²) >= 11 is 0. The van der Waals surface area contributed by atoms with E-state index in [1.54, 1.807) is 7.11 Å². The summed E-state index contributed by atoms with van der Waals surface area (Å²) in [6.07, 6.45) is 1.20. The van der Waals surface area contributed by atoms with Crippen LogP contribution in [0.15, 0.2) is 48.5 Å². The van der Waals surface area contributed by atoms with E-state index in [9.17, 15) is 4.79 Å². The Bertz CT molecular complexity index is 724. The van der Waals surface area contributed by atoms with Gasteiger partial charge < -0.3 is 20.3 Å². The highest BCUT2D eigenvalue weighted by molar-refractivity contribution is 5.77. The Morgan fingerprint density at radius 3 is 2.44 bits per heavy atom. The van der Waals surface area contributed by atoms with E-state index in [-0.39, 0.29) is 5.91 Å². The zero-order valence-electron chi connectivity index (χ0n) is 14.6. The van der Waals surface area contributed by atoms with Crippen molar-refractivity contribution in [2.75, 3.05) is 43.9 Å². The highest BCUT2D eigenvalue weighted by Gasteiger charge is 2.22. The quantitative estimate of drug-likeness (QED) is 0.851. The van der Waals surface area contributed by atoms with Gasteiger partial charge in [-0.05, 0) is 30.2 Å². The van der Waals surface area contributed by atoms with Crippen molar-refractivity contribution in [3.63, 3.8) is 0 Å². The monoisotopic (exact) mass is 339 g/mol. The number of carbonyl (C=O) groups is 1. The van der Waals surface area contributed by atoms with Crippen molar-refractivity contribution in [2.45, 2.75) is 12.8 Å². The molecule has 0 radical (unpaired) electrons. The summed E-state index contributed by atoms with van der Waals surface area (Å²) in [6, 6.07) is 15.8. The van der Waals surface area contributed by atoms with Gasteiger partial charge >= 0.3 is 0 Å². The second-order valence-electron chi connectivity index (χ2n) is 6.24. The number of nitrogens with zero attached hydrogens (tertiary/aromatic N) is 2. The fourth-order valence-corrected chi connectivity index (χ4v) is 3.25. The Morgan fingerprint density at radius 1 is 1.04 bits per heavy atom. The van der Waals surface area contributed by atoms with Crippen LogP contribution < -0.4 is 15.4 Å². The number of para-hydroxylation sites is 3. The molecule has 1 fully saturated rings. The number of ether oxygens (including phenoxy) is 1. The molecule has 2 aromatic rings. The van der Waals surface area contributed by atoms with Crippen LogP contribution in [0.1, 0.15) is 12.0 Å². The van der Waals surface area contributed by atoms with Crippen molar-refractivity contribution in [1.82, 2.24) is 4.90 Å². The van der Waals surface area contributed by atoms with Gasteiger partial charge in [0.05, 0.1) is 12.8 Å². The Balaban J connectivity index is 1.53. The second-order valence-corrected chi connectivity index (χ2v) is 6.24. The lowest BCUT2D eigenvalue weighted by molar-refractivity contribution is -0.131. The van der Waals surface area contributed by atoms with Gasteiger partial charge in [0.2, 0.25) is 5.91 Å². The lowest BCUT2D eigenvalue weighted by Crippen LogP contribution is -2.48. The summed E-state index contributed by atoms with van der Waals surface area (Å²) < 4.78 is 5.44. The van der Waals surface area contributed by atoms with Gasteiger partial charge in [0, 0.05) is 38.3 Å². The Kier molecular flexibility index (Phi) is 5.43. The first-order valence-corrected chi connectivity index (χ1v) is 8.68. The van der Waals surface area contributed by atoms with Crippen molar-refractivity contribution in [2.24, 2.45) is 0 Å². The Hall–Kier alpha value is -2.69. The molecule has 1 amide bonds. The van der Waals surface area contributed by atoms with E-state index >= 15 is 0 Å². The van der Waals surface area contributed by atoms with Gasteiger partial charge in [-0.15, -0.1) is 0 Å². The summed E-state index contributed by atoms with van der Waals surface area (Å²) in [4.78, 5) is 16.7. The minimum Gasteiger partial charge on any atom is -0.495 e. The minimum absolute atomic E-state index is 0.197. The molecule has 1 aliphatic rings. The lowest BCUT2D eigenvalue weighted by Gasteiger charge is -2.36. The predicted octanol–water partition coefficient (Wildman–Crippen LogP) is 2.56. The molecule has 0 aliphatic carbocycles. The molecular weight excluding hydrogens is 314 g/mol. The topological polar surface area (TPSA) is 58.8 Å². The summed E-state index contributed by atoms with van der Waals surface area (Å²) in [6.45, 7) is 3.11. The van der Waals surface area contributed by atoms with Gasteiger partial charge in [-0.1, -0.05) is 30.3 Å². The van der Waals surface area contributed by atoms with Crippen molar-refractivity contribution >= 4 is 17.3 Å². The number of nitrogen functional groups attached to an aromatic ring is 1. The average molecular weight is 339 g/mol. The van der Waals surface area contributed by atoms with Crippen LogP contribution in [0, 0.1) is 0 Å². The molecule has 25 heavy (non-hydrogen) atoms. The number of rotatable bonds is 5. The third kappa shape index (κ3) is 4.05. The van der Waals surface area contributed by atoms with Gasteiger partial charge in [-0.25, -0.2) is 0 Å². The van der Waals surface area contributed by atoms with E-state index in [1.807, 2.05) is 47.4 Å². The number of benzene rings is 2. The molecule has 5 nitrogen and oxygen atoms in total. The number of nitrogens with two attached hydrogens (primary N) is 1. The molecule has 2 N–H and O–H groups in total. The highest BCUT2D eigenvalue weighted by Crippen LogP contribution is 2.28. The lowest BCUT2D eigenvalue weighted by atomic mass is 10.1. The first kappa shape index (κ1) is 17.1. The van der Waals surface area contributed by atoms with Crippen LogP contribution in [0.25, 0.3) is 0 Å². The molecule has 1 saturated heterocycles. The summed E-state index contributed by atoms with van der Waals surface area (Å²) in [5.41, 5.74) is 8.85. The molecular formula is C20H25N3O2. The zero-order chi connectivity index (χ0) is 17.6. The van der Waals surface area contributed by atoms with Crippen molar-refractivity contribution < 1.29 is 9.53 Å².